The monoisotopic (exact) mass is 385 g/mol. The summed E-state index contributed by atoms with van der Waals surface area (Å²) in [5.41, 5.74) is 0.988. The van der Waals surface area contributed by atoms with Crippen molar-refractivity contribution < 1.29 is 14.3 Å². The molecule has 2 heterocycles. The van der Waals surface area contributed by atoms with Crippen LogP contribution in [0.15, 0.2) is 42.6 Å². The van der Waals surface area contributed by atoms with Crippen molar-refractivity contribution in [2.24, 2.45) is 5.41 Å². The van der Waals surface area contributed by atoms with Gasteiger partial charge in [-0.3, -0.25) is 4.79 Å². The van der Waals surface area contributed by atoms with Gasteiger partial charge >= 0.3 is 0 Å². The molecule has 0 bridgehead atoms. The fourth-order valence-corrected chi connectivity index (χ4v) is 3.50. The Hall–Kier alpha value is -2.47. The van der Waals surface area contributed by atoms with Crippen LogP contribution in [0.4, 0.5) is 15.9 Å². The van der Waals surface area contributed by atoms with Gasteiger partial charge in [0.05, 0.1) is 19.2 Å². The molecule has 5 nitrogen and oxygen atoms in total. The predicted molar refractivity (Wildman–Crippen MR) is 109 cm³/mol. The summed E-state index contributed by atoms with van der Waals surface area (Å²) in [6.45, 7) is 6.99. The Morgan fingerprint density at radius 3 is 2.54 bits per heavy atom. The first-order valence-corrected chi connectivity index (χ1v) is 9.69. The zero-order valence-electron chi connectivity index (χ0n) is 16.7. The summed E-state index contributed by atoms with van der Waals surface area (Å²) >= 11 is 0. The maximum atomic E-state index is 13.3. The van der Waals surface area contributed by atoms with E-state index < -0.39 is 5.41 Å². The molecule has 0 spiro atoms. The second-order valence-corrected chi connectivity index (χ2v) is 8.31. The number of pyridine rings is 1. The van der Waals surface area contributed by atoms with Crippen molar-refractivity contribution in [1.29, 1.82) is 0 Å². The Morgan fingerprint density at radius 1 is 1.25 bits per heavy atom. The first-order valence-electron chi connectivity index (χ1n) is 9.69. The maximum absolute atomic E-state index is 13.3. The van der Waals surface area contributed by atoms with Gasteiger partial charge in [-0.25, -0.2) is 9.37 Å². The Labute approximate surface area is 165 Å². The quantitative estimate of drug-likeness (QED) is 0.851. The number of hydrogen-bond donors (Lipinski definition) is 1. The normalized spacial score (nSPS) is 17.0. The van der Waals surface area contributed by atoms with Gasteiger partial charge in [0.15, 0.2) is 0 Å². The largest absolute Gasteiger partial charge is 0.394 e. The van der Waals surface area contributed by atoms with Crippen LogP contribution in [-0.4, -0.2) is 35.2 Å². The lowest BCUT2D eigenvalue weighted by Crippen LogP contribution is -2.39. The van der Waals surface area contributed by atoms with E-state index in [0.717, 1.165) is 30.8 Å². The van der Waals surface area contributed by atoms with Crippen LogP contribution in [0.2, 0.25) is 0 Å². The average molecular weight is 385 g/mol. The van der Waals surface area contributed by atoms with Gasteiger partial charge in [-0.05, 0) is 48.7 Å². The number of hydrogen-bond acceptors (Lipinski definition) is 4. The number of benzene rings is 1. The molecule has 0 saturated carbocycles. The lowest BCUT2D eigenvalue weighted by atomic mass is 9.94. The van der Waals surface area contributed by atoms with Crippen molar-refractivity contribution in [3.63, 3.8) is 0 Å². The van der Waals surface area contributed by atoms with E-state index in [1.54, 1.807) is 23.2 Å². The smallest absolute Gasteiger partial charge is 0.232 e. The van der Waals surface area contributed by atoms with E-state index in [-0.39, 0.29) is 24.4 Å². The van der Waals surface area contributed by atoms with Gasteiger partial charge in [-0.15, -0.1) is 0 Å². The van der Waals surface area contributed by atoms with E-state index in [1.165, 1.54) is 12.1 Å². The lowest BCUT2D eigenvalue weighted by molar-refractivity contribution is -0.125. The number of nitrogens with zero attached hydrogens (tertiary/aromatic N) is 3. The fraction of sp³-hybridized carbons (Fsp3) is 0.455. The molecule has 6 heteroatoms. The molecule has 3 rings (SSSR count). The topological polar surface area (TPSA) is 56.7 Å². The van der Waals surface area contributed by atoms with Crippen molar-refractivity contribution in [2.75, 3.05) is 23.0 Å². The highest BCUT2D eigenvalue weighted by atomic mass is 19.1. The summed E-state index contributed by atoms with van der Waals surface area (Å²) in [5.74, 6) is 0.473. The number of aliphatic hydroxyl groups is 1. The predicted octanol–water partition coefficient (Wildman–Crippen LogP) is 3.76. The Kier molecular flexibility index (Phi) is 5.98. The van der Waals surface area contributed by atoms with Gasteiger partial charge in [0.1, 0.15) is 11.6 Å². The highest BCUT2D eigenvalue weighted by Gasteiger charge is 2.29. The van der Waals surface area contributed by atoms with Crippen LogP contribution in [0.3, 0.4) is 0 Å². The first kappa shape index (κ1) is 20.3. The van der Waals surface area contributed by atoms with Crippen LogP contribution in [-0.2, 0) is 11.3 Å². The van der Waals surface area contributed by atoms with E-state index >= 15 is 0 Å². The summed E-state index contributed by atoms with van der Waals surface area (Å²) in [4.78, 5) is 21.3. The summed E-state index contributed by atoms with van der Waals surface area (Å²) in [6.07, 6.45) is 3.79. The van der Waals surface area contributed by atoms with Crippen LogP contribution in [0.1, 0.15) is 39.2 Å². The molecule has 1 N–H and O–H groups in total. The molecule has 150 valence electrons. The minimum Gasteiger partial charge on any atom is -0.394 e. The number of carbonyl (C=O) groups excluding carboxylic acids is 1. The molecule has 1 amide bonds. The van der Waals surface area contributed by atoms with E-state index in [0.29, 0.717) is 12.2 Å². The van der Waals surface area contributed by atoms with Crippen molar-refractivity contribution in [3.05, 3.63) is 54.0 Å². The van der Waals surface area contributed by atoms with Crippen LogP contribution >= 0.6 is 0 Å². The van der Waals surface area contributed by atoms with Crippen LogP contribution < -0.4 is 9.80 Å². The molecule has 1 aromatic heterocycles. The third kappa shape index (κ3) is 4.50. The summed E-state index contributed by atoms with van der Waals surface area (Å²) in [6, 6.07) is 9.99. The molecular weight excluding hydrogens is 357 g/mol. The summed E-state index contributed by atoms with van der Waals surface area (Å²) < 4.78 is 13.3. The highest BCUT2D eigenvalue weighted by molar-refractivity contribution is 5.96. The molecule has 0 aliphatic carbocycles. The van der Waals surface area contributed by atoms with Gasteiger partial charge in [0.2, 0.25) is 5.91 Å². The standard InChI is InChI=1S/C22H28FN3O2/c1-22(2,3)21(28)26(18-9-7-17(23)8-10-18)14-16-6-11-20(24-13-16)25-12-4-5-19(25)15-27/h6-11,13,19,27H,4-5,12,14-15H2,1-3H3. The molecule has 1 aliphatic rings. The third-order valence-electron chi connectivity index (χ3n) is 5.06. The molecule has 1 unspecified atom stereocenters. The maximum Gasteiger partial charge on any atom is 0.232 e. The number of amides is 1. The molecule has 0 radical (unpaired) electrons. The second kappa shape index (κ2) is 8.27. The van der Waals surface area contributed by atoms with Gasteiger partial charge in [-0.2, -0.15) is 0 Å². The van der Waals surface area contributed by atoms with E-state index in [2.05, 4.69) is 9.88 Å². The Balaban J connectivity index is 1.82. The summed E-state index contributed by atoms with van der Waals surface area (Å²) in [5, 5.41) is 9.51. The molecule has 1 aromatic carbocycles. The SMILES string of the molecule is CC(C)(C)C(=O)N(Cc1ccc(N2CCCC2CO)nc1)c1ccc(F)cc1. The van der Waals surface area contributed by atoms with E-state index in [4.69, 9.17) is 0 Å². The van der Waals surface area contributed by atoms with Gasteiger partial charge in [0, 0.05) is 23.8 Å². The van der Waals surface area contributed by atoms with Crippen molar-refractivity contribution in [3.8, 4) is 0 Å². The Bertz CT molecular complexity index is 800. The fourth-order valence-electron chi connectivity index (χ4n) is 3.50. The number of aliphatic hydroxyl groups excluding tert-OH is 1. The van der Waals surface area contributed by atoms with Crippen molar-refractivity contribution >= 4 is 17.4 Å². The number of halogens is 1. The second-order valence-electron chi connectivity index (χ2n) is 8.31. The van der Waals surface area contributed by atoms with E-state index in [1.807, 2.05) is 32.9 Å². The van der Waals surface area contributed by atoms with Gasteiger partial charge in [-0.1, -0.05) is 26.8 Å². The van der Waals surface area contributed by atoms with Crippen LogP contribution in [0.25, 0.3) is 0 Å². The third-order valence-corrected chi connectivity index (χ3v) is 5.06. The van der Waals surface area contributed by atoms with Crippen LogP contribution in [0, 0.1) is 11.2 Å². The molecule has 28 heavy (non-hydrogen) atoms. The van der Waals surface area contributed by atoms with Crippen LogP contribution in [0.5, 0.6) is 0 Å². The lowest BCUT2D eigenvalue weighted by Gasteiger charge is -2.30. The molecule has 1 aliphatic heterocycles. The first-order chi connectivity index (χ1) is 13.3. The van der Waals surface area contributed by atoms with Gasteiger partial charge in [0.25, 0.3) is 0 Å². The average Bonchev–Trinajstić information content (AvgIpc) is 3.15. The minimum absolute atomic E-state index is 0.0388. The summed E-state index contributed by atoms with van der Waals surface area (Å²) in [7, 11) is 0. The molecule has 1 atom stereocenters. The van der Waals surface area contributed by atoms with Crippen molar-refractivity contribution in [2.45, 2.75) is 46.2 Å². The number of rotatable bonds is 5. The highest BCUT2D eigenvalue weighted by Crippen LogP contribution is 2.27. The molecule has 1 fully saturated rings. The number of aromatic nitrogens is 1. The molecular formula is C22H28FN3O2. The molecule has 2 aromatic rings. The van der Waals surface area contributed by atoms with Gasteiger partial charge < -0.3 is 14.9 Å². The molecule has 1 saturated heterocycles. The zero-order chi connectivity index (χ0) is 20.3. The van der Waals surface area contributed by atoms with E-state index in [9.17, 15) is 14.3 Å². The number of carbonyl (C=O) groups is 1. The van der Waals surface area contributed by atoms with Crippen molar-refractivity contribution in [1.82, 2.24) is 4.98 Å². The number of anilines is 2. The Morgan fingerprint density at radius 2 is 1.96 bits per heavy atom. The minimum atomic E-state index is -0.564. The zero-order valence-corrected chi connectivity index (χ0v) is 16.7.